The lowest BCUT2D eigenvalue weighted by Gasteiger charge is -2.26. The quantitative estimate of drug-likeness (QED) is 0.516. The summed E-state index contributed by atoms with van der Waals surface area (Å²) in [6, 6.07) is 22.4. The van der Waals surface area contributed by atoms with Crippen LogP contribution in [0.25, 0.3) is 11.3 Å². The standard InChI is InChI=1S/C26H24N4O/c31-26(28-24-14-6-11-20-10-4-5-13-22(20)24)23-18-30(17-19-8-2-1-3-9-19)29-25(23)21-12-7-15-27-16-21/h1-5,7-10,12-13,15-16,18,24H,6,11,14,17H2,(H,28,31). The number of carbonyl (C=O) groups excluding carboxylic acids is 1. The summed E-state index contributed by atoms with van der Waals surface area (Å²) in [6.45, 7) is 0.605. The summed E-state index contributed by atoms with van der Waals surface area (Å²) in [7, 11) is 0. The SMILES string of the molecule is O=C(NC1CCCc2ccccc21)c1cn(Cc2ccccc2)nc1-c1cccnc1. The maximum Gasteiger partial charge on any atom is 0.255 e. The monoisotopic (exact) mass is 408 g/mol. The predicted molar refractivity (Wildman–Crippen MR) is 121 cm³/mol. The lowest BCUT2D eigenvalue weighted by Crippen LogP contribution is -2.31. The predicted octanol–water partition coefficient (Wildman–Crippen LogP) is 4.80. The molecule has 1 aliphatic rings. The molecular formula is C26H24N4O. The lowest BCUT2D eigenvalue weighted by molar-refractivity contribution is 0.0933. The van der Waals surface area contributed by atoms with Gasteiger partial charge in [0.05, 0.1) is 18.2 Å². The molecule has 0 saturated carbocycles. The molecule has 2 heterocycles. The lowest BCUT2D eigenvalue weighted by atomic mass is 9.87. The third-order valence-corrected chi connectivity index (χ3v) is 5.80. The van der Waals surface area contributed by atoms with Gasteiger partial charge in [-0.25, -0.2) is 0 Å². The van der Waals surface area contributed by atoms with Crippen LogP contribution in [-0.2, 0) is 13.0 Å². The number of carbonyl (C=O) groups is 1. The molecule has 5 nitrogen and oxygen atoms in total. The molecular weight excluding hydrogens is 384 g/mol. The number of nitrogens with one attached hydrogen (secondary N) is 1. The van der Waals surface area contributed by atoms with Crippen LogP contribution in [0.2, 0.25) is 0 Å². The normalized spacial score (nSPS) is 15.3. The van der Waals surface area contributed by atoms with E-state index in [1.807, 2.05) is 47.3 Å². The second-order valence-corrected chi connectivity index (χ2v) is 7.93. The molecule has 2 aromatic heterocycles. The van der Waals surface area contributed by atoms with Crippen LogP contribution in [0.1, 0.15) is 45.9 Å². The number of rotatable bonds is 5. The van der Waals surface area contributed by atoms with Crippen molar-refractivity contribution >= 4 is 5.91 Å². The fraction of sp³-hybridized carbons (Fsp3) is 0.192. The molecule has 1 amide bonds. The molecule has 4 aromatic rings. The Bertz CT molecular complexity index is 1180. The number of aryl methyl sites for hydroxylation is 1. The Labute approximate surface area is 181 Å². The fourth-order valence-electron chi connectivity index (χ4n) is 4.29. The zero-order valence-electron chi connectivity index (χ0n) is 17.2. The minimum Gasteiger partial charge on any atom is -0.345 e. The first-order valence-electron chi connectivity index (χ1n) is 10.7. The molecule has 0 fully saturated rings. The molecule has 1 unspecified atom stereocenters. The molecule has 5 heteroatoms. The van der Waals surface area contributed by atoms with E-state index in [4.69, 9.17) is 5.10 Å². The summed E-state index contributed by atoms with van der Waals surface area (Å²) in [5, 5.41) is 8.02. The van der Waals surface area contributed by atoms with Gasteiger partial charge in [-0.2, -0.15) is 5.10 Å². The van der Waals surface area contributed by atoms with E-state index >= 15 is 0 Å². The molecule has 154 valence electrons. The maximum absolute atomic E-state index is 13.4. The highest BCUT2D eigenvalue weighted by atomic mass is 16.1. The zero-order chi connectivity index (χ0) is 21.0. The molecule has 2 aromatic carbocycles. The summed E-state index contributed by atoms with van der Waals surface area (Å²) in [6.07, 6.45) is 8.41. The summed E-state index contributed by atoms with van der Waals surface area (Å²) in [4.78, 5) is 17.6. The Morgan fingerprint density at radius 2 is 1.87 bits per heavy atom. The number of hydrogen-bond acceptors (Lipinski definition) is 3. The van der Waals surface area contributed by atoms with E-state index in [1.54, 1.807) is 12.4 Å². The fourth-order valence-corrected chi connectivity index (χ4v) is 4.29. The Morgan fingerprint density at radius 3 is 2.71 bits per heavy atom. The Kier molecular flexibility index (Phi) is 5.31. The van der Waals surface area contributed by atoms with E-state index in [-0.39, 0.29) is 11.9 Å². The van der Waals surface area contributed by atoms with Gasteiger partial charge in [-0.1, -0.05) is 54.6 Å². The molecule has 0 saturated heterocycles. The summed E-state index contributed by atoms with van der Waals surface area (Å²) in [5.41, 5.74) is 5.75. The van der Waals surface area contributed by atoms with Crippen LogP contribution in [0.4, 0.5) is 0 Å². The van der Waals surface area contributed by atoms with Gasteiger partial charge in [-0.05, 0) is 48.1 Å². The van der Waals surface area contributed by atoms with Crippen molar-refractivity contribution in [1.29, 1.82) is 0 Å². The van der Waals surface area contributed by atoms with E-state index in [1.165, 1.54) is 11.1 Å². The molecule has 1 N–H and O–H groups in total. The van der Waals surface area contributed by atoms with E-state index in [2.05, 4.69) is 40.6 Å². The van der Waals surface area contributed by atoms with Crippen molar-refractivity contribution in [3.05, 3.63) is 108 Å². The van der Waals surface area contributed by atoms with Gasteiger partial charge >= 0.3 is 0 Å². The third kappa shape index (κ3) is 4.12. The van der Waals surface area contributed by atoms with Crippen LogP contribution >= 0.6 is 0 Å². The second kappa shape index (κ2) is 8.56. The average molecular weight is 409 g/mol. The van der Waals surface area contributed by atoms with Crippen LogP contribution < -0.4 is 5.32 Å². The van der Waals surface area contributed by atoms with Crippen molar-refractivity contribution in [3.63, 3.8) is 0 Å². The van der Waals surface area contributed by atoms with E-state index < -0.39 is 0 Å². The van der Waals surface area contributed by atoms with Gasteiger partial charge in [0.25, 0.3) is 5.91 Å². The van der Waals surface area contributed by atoms with Gasteiger partial charge in [0.2, 0.25) is 0 Å². The van der Waals surface area contributed by atoms with Crippen LogP contribution in [0, 0.1) is 0 Å². The number of nitrogens with zero attached hydrogens (tertiary/aromatic N) is 3. The van der Waals surface area contributed by atoms with Crippen molar-refractivity contribution in [3.8, 4) is 11.3 Å². The first-order valence-corrected chi connectivity index (χ1v) is 10.7. The third-order valence-electron chi connectivity index (χ3n) is 5.80. The van der Waals surface area contributed by atoms with Crippen molar-refractivity contribution in [1.82, 2.24) is 20.1 Å². The molecule has 1 aliphatic carbocycles. The number of aromatic nitrogens is 3. The summed E-state index contributed by atoms with van der Waals surface area (Å²) < 4.78 is 1.83. The Morgan fingerprint density at radius 1 is 1.03 bits per heavy atom. The van der Waals surface area contributed by atoms with Crippen LogP contribution in [0.5, 0.6) is 0 Å². The summed E-state index contributed by atoms with van der Waals surface area (Å²) >= 11 is 0. The number of hydrogen-bond donors (Lipinski definition) is 1. The van der Waals surface area contributed by atoms with Crippen LogP contribution in [0.15, 0.2) is 85.3 Å². The van der Waals surface area contributed by atoms with Gasteiger partial charge < -0.3 is 5.32 Å². The molecule has 0 radical (unpaired) electrons. The summed E-state index contributed by atoms with van der Waals surface area (Å²) in [5.74, 6) is -0.0973. The largest absolute Gasteiger partial charge is 0.345 e. The van der Waals surface area contributed by atoms with Crippen LogP contribution in [-0.4, -0.2) is 20.7 Å². The topological polar surface area (TPSA) is 59.8 Å². The number of fused-ring (bicyclic) bond motifs is 1. The highest BCUT2D eigenvalue weighted by molar-refractivity contribution is 6.00. The Hall–Kier alpha value is -3.73. The zero-order valence-corrected chi connectivity index (χ0v) is 17.2. The molecule has 1 atom stereocenters. The van der Waals surface area contributed by atoms with E-state index in [9.17, 15) is 4.79 Å². The first-order chi connectivity index (χ1) is 15.3. The smallest absolute Gasteiger partial charge is 0.255 e. The molecule has 0 aliphatic heterocycles. The average Bonchev–Trinajstić information content (AvgIpc) is 3.24. The Balaban J connectivity index is 1.47. The molecule has 5 rings (SSSR count). The van der Waals surface area contributed by atoms with Gasteiger partial charge in [0.1, 0.15) is 5.69 Å². The minimum absolute atomic E-state index is 0.0247. The van der Waals surface area contributed by atoms with Crippen molar-refractivity contribution in [2.75, 3.05) is 0 Å². The highest BCUT2D eigenvalue weighted by Crippen LogP contribution is 2.30. The van der Waals surface area contributed by atoms with Crippen LogP contribution in [0.3, 0.4) is 0 Å². The van der Waals surface area contributed by atoms with Gasteiger partial charge in [0, 0.05) is 24.2 Å². The number of benzene rings is 2. The van der Waals surface area contributed by atoms with E-state index in [0.717, 1.165) is 30.4 Å². The van der Waals surface area contributed by atoms with Gasteiger partial charge in [0.15, 0.2) is 0 Å². The van der Waals surface area contributed by atoms with Gasteiger partial charge in [-0.15, -0.1) is 0 Å². The molecule has 31 heavy (non-hydrogen) atoms. The van der Waals surface area contributed by atoms with Crippen molar-refractivity contribution in [2.45, 2.75) is 31.8 Å². The highest BCUT2D eigenvalue weighted by Gasteiger charge is 2.25. The molecule has 0 spiro atoms. The number of pyridine rings is 1. The number of amides is 1. The minimum atomic E-state index is -0.0973. The second-order valence-electron chi connectivity index (χ2n) is 7.93. The first kappa shape index (κ1) is 19.2. The molecule has 0 bridgehead atoms. The maximum atomic E-state index is 13.4. The van der Waals surface area contributed by atoms with Crippen molar-refractivity contribution < 1.29 is 4.79 Å². The van der Waals surface area contributed by atoms with E-state index in [0.29, 0.717) is 17.8 Å². The van der Waals surface area contributed by atoms with Crippen molar-refractivity contribution in [2.24, 2.45) is 0 Å². The van der Waals surface area contributed by atoms with Gasteiger partial charge in [-0.3, -0.25) is 14.5 Å².